The molecule has 8 atom stereocenters. The summed E-state index contributed by atoms with van der Waals surface area (Å²) >= 11 is 0.306. The maximum atomic E-state index is 13.3. The van der Waals surface area contributed by atoms with E-state index in [0.717, 1.165) is 35.5 Å². The number of nitrogens with one attached hydrogen (secondary N) is 2. The molecule has 5 rings (SSSR count). The molecule has 4 heterocycles. The van der Waals surface area contributed by atoms with Crippen molar-refractivity contribution in [2.24, 2.45) is 5.92 Å². The van der Waals surface area contributed by atoms with Crippen LogP contribution in [0.4, 0.5) is 0 Å². The molecule has 0 saturated carbocycles. The topological polar surface area (TPSA) is 56.8 Å². The summed E-state index contributed by atoms with van der Waals surface area (Å²) < 4.78 is 8.51. The van der Waals surface area contributed by atoms with Crippen molar-refractivity contribution in [3.63, 3.8) is 0 Å². The first kappa shape index (κ1) is 28.4. The second kappa shape index (κ2) is 12.6. The van der Waals surface area contributed by atoms with Crippen molar-refractivity contribution in [1.82, 2.24) is 20.4 Å². The number of unbranched alkanes of at least 4 members (excludes halogenated alkanes) is 1. The summed E-state index contributed by atoms with van der Waals surface area (Å²) in [6.07, 6.45) is 18.0. The number of hydrogen-bond acceptors (Lipinski definition) is 5. The maximum absolute atomic E-state index is 13.3. The summed E-state index contributed by atoms with van der Waals surface area (Å²) in [5.41, 5.74) is 3.76. The van der Waals surface area contributed by atoms with Crippen LogP contribution in [-0.2, 0) is 9.53 Å². The van der Waals surface area contributed by atoms with E-state index in [-0.39, 0.29) is 18.1 Å². The molecule has 38 heavy (non-hydrogen) atoms. The van der Waals surface area contributed by atoms with Crippen LogP contribution in [0.5, 0.6) is 0 Å². The zero-order chi connectivity index (χ0) is 26.8. The van der Waals surface area contributed by atoms with E-state index in [1.54, 1.807) is 0 Å². The van der Waals surface area contributed by atoms with Gasteiger partial charge in [0.1, 0.15) is 0 Å². The van der Waals surface area contributed by atoms with Crippen molar-refractivity contribution in [3.05, 3.63) is 47.2 Å². The summed E-state index contributed by atoms with van der Waals surface area (Å²) in [6.45, 7) is 8.94. The summed E-state index contributed by atoms with van der Waals surface area (Å²) in [5, 5.41) is 6.93. The van der Waals surface area contributed by atoms with Crippen molar-refractivity contribution in [2.45, 2.75) is 99.5 Å². The quantitative estimate of drug-likeness (QED) is 0.198. The Bertz CT molecular complexity index is 984. The molecule has 2 N–H and O–H groups in total. The normalized spacial score (nSPS) is 35.5. The van der Waals surface area contributed by atoms with Crippen molar-refractivity contribution < 1.29 is 30.7 Å². The minimum absolute atomic E-state index is 0.113. The Balaban J connectivity index is 1.17. The van der Waals surface area contributed by atoms with Gasteiger partial charge in [-0.1, -0.05) is 13.0 Å². The Hall–Kier alpha value is -1.16. The zero-order valence-electron chi connectivity index (χ0n) is 24.0. The SMILES string of the molecule is CC1=C(C(C)N2C3CCC2C(NC(=O)C2=CC(C4CC[I-]4)NC=C2)C3)C=CC(OCCCCN(C)C)C1C. The predicted octanol–water partition coefficient (Wildman–Crippen LogP) is 0.619. The fourth-order valence-electron chi connectivity index (χ4n) is 7.04. The Labute approximate surface area is 240 Å². The molecule has 0 aromatic carbocycles. The molecule has 0 radical (unpaired) electrons. The first-order chi connectivity index (χ1) is 18.3. The van der Waals surface area contributed by atoms with Crippen LogP contribution in [0, 0.1) is 5.92 Å². The number of hydrogen-bond donors (Lipinski definition) is 2. The Morgan fingerprint density at radius 2 is 2.08 bits per heavy atom. The predicted molar refractivity (Wildman–Crippen MR) is 151 cm³/mol. The van der Waals surface area contributed by atoms with Crippen LogP contribution in [0.25, 0.3) is 0 Å². The molecule has 0 aromatic heterocycles. The van der Waals surface area contributed by atoms with Crippen molar-refractivity contribution in [2.75, 3.05) is 31.7 Å². The third-order valence-corrected chi connectivity index (χ3v) is 13.2. The molecule has 4 aliphatic heterocycles. The standard InChI is InChI=1S/C31H48IN4O2/c1-20-21(2)30(38-17-7-6-16-35(4)5)11-9-25(20)22(3)36-24-8-10-29(36)28(19-24)34-31(37)23-13-15-33-27(18-23)26-12-14-32-26/h9,11,13,15,18,21-22,24,26-30,33H,6-8,10,12,14,16-17,19H2,1-5H3,(H,34,37)/q-1. The minimum Gasteiger partial charge on any atom is -0.374 e. The van der Waals surface area contributed by atoms with Crippen LogP contribution in [0.3, 0.4) is 0 Å². The van der Waals surface area contributed by atoms with E-state index in [2.05, 4.69) is 73.5 Å². The van der Waals surface area contributed by atoms with E-state index in [1.807, 2.05) is 12.3 Å². The number of halogens is 1. The molecule has 1 aliphatic carbocycles. The number of carbonyl (C=O) groups excluding carboxylic acids is 1. The fraction of sp³-hybridized carbons (Fsp3) is 0.710. The van der Waals surface area contributed by atoms with Crippen LogP contribution in [-0.4, -0.2) is 87.6 Å². The average molecular weight is 636 g/mol. The Morgan fingerprint density at radius 3 is 2.82 bits per heavy atom. The third kappa shape index (κ3) is 6.11. The fourth-order valence-corrected chi connectivity index (χ4v) is 9.35. The first-order valence-corrected chi connectivity index (χ1v) is 17.6. The van der Waals surface area contributed by atoms with Crippen molar-refractivity contribution in [3.8, 4) is 0 Å². The van der Waals surface area contributed by atoms with Crippen LogP contribution >= 0.6 is 0 Å². The van der Waals surface area contributed by atoms with E-state index < -0.39 is 0 Å². The smallest absolute Gasteiger partial charge is 0.374 e. The molecule has 1 amide bonds. The van der Waals surface area contributed by atoms with Gasteiger partial charge in [0.05, 0.1) is 6.10 Å². The summed E-state index contributed by atoms with van der Waals surface area (Å²) in [5.74, 6) is 0.509. The molecule has 3 fully saturated rings. The minimum atomic E-state index is 0.113. The molecule has 6 nitrogen and oxygen atoms in total. The van der Waals surface area contributed by atoms with Gasteiger partial charge in [-0.15, -0.1) is 0 Å². The van der Waals surface area contributed by atoms with Gasteiger partial charge in [-0.3, -0.25) is 0 Å². The van der Waals surface area contributed by atoms with E-state index in [9.17, 15) is 4.79 Å². The number of rotatable bonds is 11. The van der Waals surface area contributed by atoms with Crippen LogP contribution in [0.15, 0.2) is 47.2 Å². The van der Waals surface area contributed by atoms with Crippen molar-refractivity contribution in [1.29, 1.82) is 0 Å². The van der Waals surface area contributed by atoms with Gasteiger partial charge in [0.2, 0.25) is 0 Å². The molecule has 0 aromatic rings. The third-order valence-electron chi connectivity index (χ3n) is 9.47. The zero-order valence-corrected chi connectivity index (χ0v) is 26.1. The van der Waals surface area contributed by atoms with Crippen LogP contribution in [0.1, 0.15) is 59.3 Å². The first-order valence-electron chi connectivity index (χ1n) is 14.8. The van der Waals surface area contributed by atoms with Gasteiger partial charge in [0, 0.05) is 12.5 Å². The van der Waals surface area contributed by atoms with E-state index in [1.165, 1.54) is 41.3 Å². The second-order valence-corrected chi connectivity index (χ2v) is 15.7. The molecular weight excluding hydrogens is 587 g/mol. The Kier molecular flexibility index (Phi) is 9.38. The number of amides is 1. The van der Waals surface area contributed by atoms with E-state index >= 15 is 0 Å². The van der Waals surface area contributed by atoms with Gasteiger partial charge in [0.25, 0.3) is 0 Å². The van der Waals surface area contributed by atoms with Crippen molar-refractivity contribution >= 4 is 5.91 Å². The van der Waals surface area contributed by atoms with Gasteiger partial charge in [-0.25, -0.2) is 0 Å². The number of nitrogens with zero attached hydrogens (tertiary/aromatic N) is 2. The molecular formula is C31H48IN4O2-. The Morgan fingerprint density at radius 1 is 1.26 bits per heavy atom. The number of ether oxygens (including phenoxy) is 1. The number of dihydropyridines is 1. The molecule has 2 bridgehead atoms. The molecule has 212 valence electrons. The molecule has 8 unspecified atom stereocenters. The number of carbonyl (C=O) groups is 1. The molecule has 7 heteroatoms. The number of alkyl halides is 2. The van der Waals surface area contributed by atoms with Gasteiger partial charge < -0.3 is 9.64 Å². The summed E-state index contributed by atoms with van der Waals surface area (Å²) in [6, 6.07) is 1.94. The van der Waals surface area contributed by atoms with E-state index in [0.29, 0.717) is 51.3 Å². The van der Waals surface area contributed by atoms with Gasteiger partial charge in [0.15, 0.2) is 0 Å². The summed E-state index contributed by atoms with van der Waals surface area (Å²) in [7, 11) is 4.25. The van der Waals surface area contributed by atoms with Gasteiger partial charge >= 0.3 is 160 Å². The second-order valence-electron chi connectivity index (χ2n) is 12.2. The molecule has 0 spiro atoms. The molecule has 5 aliphatic rings. The monoisotopic (exact) mass is 635 g/mol. The van der Waals surface area contributed by atoms with Gasteiger partial charge in [-0.05, 0) is 40.4 Å². The molecule has 3 saturated heterocycles. The average Bonchev–Trinajstić information content (AvgIpc) is 3.43. The number of fused-ring (bicyclic) bond motifs is 2. The summed E-state index contributed by atoms with van der Waals surface area (Å²) in [4.78, 5) is 18.2. The van der Waals surface area contributed by atoms with Crippen LogP contribution in [0.2, 0.25) is 0 Å². The van der Waals surface area contributed by atoms with Crippen LogP contribution < -0.4 is 31.8 Å². The van der Waals surface area contributed by atoms with E-state index in [4.69, 9.17) is 4.74 Å². The van der Waals surface area contributed by atoms with Gasteiger partial charge in [-0.2, -0.15) is 0 Å².